The molecule has 1 aromatic carbocycles. The van der Waals surface area contributed by atoms with Gasteiger partial charge in [-0.05, 0) is 0 Å². The normalized spacial score (nSPS) is 41.7. The molecule has 0 atom stereocenters. The van der Waals surface area contributed by atoms with E-state index in [2.05, 4.69) is 80.7 Å². The topological polar surface area (TPSA) is 18.8 Å². The van der Waals surface area contributed by atoms with Crippen LogP contribution in [0.25, 0.3) is 0 Å². The minimum absolute atomic E-state index is 0.0827. The van der Waals surface area contributed by atoms with Crippen molar-refractivity contribution in [3.8, 4) is 0 Å². The van der Waals surface area contributed by atoms with Crippen molar-refractivity contribution in [2.24, 2.45) is 23.7 Å². The number of amidine groups is 1. The predicted octanol–water partition coefficient (Wildman–Crippen LogP) is 5.75. The minimum atomic E-state index is -3.58. The molecule has 0 aromatic heterocycles. The zero-order valence-electron chi connectivity index (χ0n) is 19.4. The molecule has 6 aliphatic rings. The number of halogens is 1. The molecule has 2 spiro atoms. The number of benzene rings is 1. The van der Waals surface area contributed by atoms with Gasteiger partial charge in [-0.25, -0.2) is 0 Å². The van der Waals surface area contributed by atoms with E-state index in [4.69, 9.17) is 15.5 Å². The average Bonchev–Trinajstić information content (AvgIpc) is 3.21. The molecular weight excluding hydrogens is 408 g/mol. The molecule has 1 aromatic rings. The van der Waals surface area contributed by atoms with Gasteiger partial charge in [-0.15, -0.1) is 0 Å². The molecule has 164 valence electrons. The summed E-state index contributed by atoms with van der Waals surface area (Å²) < 4.78 is 12.5. The molecule has 4 saturated carbocycles. The third-order valence-corrected chi connectivity index (χ3v) is 17.1. The van der Waals surface area contributed by atoms with Crippen molar-refractivity contribution in [2.45, 2.75) is 89.9 Å². The van der Waals surface area contributed by atoms with Crippen LogP contribution in [0.4, 0.5) is 0 Å². The van der Waals surface area contributed by atoms with Gasteiger partial charge in [-0.2, -0.15) is 0 Å². The summed E-state index contributed by atoms with van der Waals surface area (Å²) >= 11 is 8.18. The number of nitrogens with zero attached hydrogens (tertiary/aromatic N) is 2. The molecular formula is C25H37ClN2OSi. The van der Waals surface area contributed by atoms with E-state index < -0.39 is 7.23 Å². The monoisotopic (exact) mass is 444 g/mol. The van der Waals surface area contributed by atoms with Crippen LogP contribution in [0, 0.1) is 23.7 Å². The van der Waals surface area contributed by atoms with Crippen LogP contribution in [0.1, 0.15) is 79.2 Å². The molecule has 0 N–H and O–H groups in total. The fourth-order valence-electron chi connectivity index (χ4n) is 8.62. The molecule has 5 heteroatoms. The van der Waals surface area contributed by atoms with Gasteiger partial charge in [-0.3, -0.25) is 0 Å². The van der Waals surface area contributed by atoms with E-state index in [1.54, 1.807) is 0 Å². The summed E-state index contributed by atoms with van der Waals surface area (Å²) in [5.74, 6) is 4.41. The Balaban J connectivity index is 1.61. The average molecular weight is 445 g/mol. The number of rotatable bonds is 1. The Bertz CT molecular complexity index is 934. The molecule has 1 saturated heterocycles. The van der Waals surface area contributed by atoms with Gasteiger partial charge in [0.25, 0.3) is 0 Å². The van der Waals surface area contributed by atoms with E-state index in [1.807, 2.05) is 0 Å². The van der Waals surface area contributed by atoms with Gasteiger partial charge < -0.3 is 0 Å². The van der Waals surface area contributed by atoms with Crippen molar-refractivity contribution in [1.29, 1.82) is 0 Å². The first-order valence-electron chi connectivity index (χ1n) is 12.0. The van der Waals surface area contributed by atoms with E-state index in [0.29, 0.717) is 11.8 Å². The van der Waals surface area contributed by atoms with Crippen molar-refractivity contribution >= 4 is 24.1 Å². The van der Waals surface area contributed by atoms with Crippen LogP contribution < -0.4 is 0 Å². The Kier molecular flexibility index (Phi) is 3.55. The molecule has 0 unspecified atom stereocenters. The van der Waals surface area contributed by atoms with Crippen LogP contribution in [0.5, 0.6) is 0 Å². The molecule has 5 fully saturated rings. The van der Waals surface area contributed by atoms with E-state index in [9.17, 15) is 0 Å². The first kappa shape index (κ1) is 19.8. The van der Waals surface area contributed by atoms with Crippen LogP contribution >= 0.6 is 11.1 Å². The summed E-state index contributed by atoms with van der Waals surface area (Å²) in [6.07, 6.45) is 6.79. The van der Waals surface area contributed by atoms with Crippen molar-refractivity contribution < 1.29 is 8.67 Å². The van der Waals surface area contributed by atoms with E-state index in [1.165, 1.54) is 43.5 Å². The molecule has 3 nitrogen and oxygen atoms in total. The predicted molar refractivity (Wildman–Crippen MR) is 125 cm³/mol. The van der Waals surface area contributed by atoms with Crippen molar-refractivity contribution in [3.63, 3.8) is 0 Å². The van der Waals surface area contributed by atoms with Gasteiger partial charge in [0.15, 0.2) is 0 Å². The van der Waals surface area contributed by atoms with Crippen LogP contribution in [0.15, 0.2) is 30.3 Å². The molecule has 0 amide bonds. The molecule has 30 heavy (non-hydrogen) atoms. The first-order chi connectivity index (χ1) is 13.9. The SMILES string of the molecule is CC(C)(C)N1C(c2ccccc2)=[N+](C(C)(C)C)[Si-]12(Cl)OC21C2CC3CC(C2)CC1C3. The van der Waals surface area contributed by atoms with Gasteiger partial charge >= 0.3 is 187 Å². The summed E-state index contributed by atoms with van der Waals surface area (Å²) in [5, 5.41) is -0.103. The molecule has 4 aliphatic carbocycles. The Morgan fingerprint density at radius 2 is 1.47 bits per heavy atom. The van der Waals surface area contributed by atoms with Crippen LogP contribution in [0.2, 0.25) is 0 Å². The van der Waals surface area contributed by atoms with E-state index in [0.717, 1.165) is 11.8 Å². The van der Waals surface area contributed by atoms with Crippen molar-refractivity contribution in [2.75, 3.05) is 0 Å². The second kappa shape index (κ2) is 5.37. The second-order valence-electron chi connectivity index (χ2n) is 12.9. The maximum absolute atomic E-state index is 8.18. The summed E-state index contributed by atoms with van der Waals surface area (Å²) in [6.45, 7) is 13.9. The number of hydrogen-bond acceptors (Lipinski definition) is 2. The second-order valence-corrected chi connectivity index (χ2v) is 18.7. The third-order valence-electron chi connectivity index (χ3n) is 8.89. The summed E-state index contributed by atoms with van der Waals surface area (Å²) in [5.41, 5.74) is 1.10. The Morgan fingerprint density at radius 3 is 1.93 bits per heavy atom. The molecule has 2 heterocycles. The summed E-state index contributed by atoms with van der Waals surface area (Å²) in [4.78, 5) is 0. The Hall–Kier alpha value is -0.843. The van der Waals surface area contributed by atoms with E-state index in [-0.39, 0.29) is 16.3 Å². The summed E-state index contributed by atoms with van der Waals surface area (Å²) in [7, 11) is -3.58. The van der Waals surface area contributed by atoms with Gasteiger partial charge in [0.1, 0.15) is 0 Å². The zero-order chi connectivity index (χ0) is 21.3. The van der Waals surface area contributed by atoms with Crippen LogP contribution in [-0.2, 0) is 4.43 Å². The Labute approximate surface area is 186 Å². The third kappa shape index (κ3) is 2.01. The fourth-order valence-corrected chi connectivity index (χ4v) is 19.7. The first-order valence-corrected chi connectivity index (χ1v) is 15.3. The van der Waals surface area contributed by atoms with Gasteiger partial charge in [0.2, 0.25) is 0 Å². The molecule has 2 aliphatic heterocycles. The van der Waals surface area contributed by atoms with Crippen molar-refractivity contribution in [3.05, 3.63) is 35.9 Å². The van der Waals surface area contributed by atoms with Crippen LogP contribution in [-0.4, -0.2) is 38.2 Å². The van der Waals surface area contributed by atoms with Crippen molar-refractivity contribution in [1.82, 2.24) is 4.57 Å². The van der Waals surface area contributed by atoms with Crippen LogP contribution in [0.3, 0.4) is 0 Å². The summed E-state index contributed by atoms with van der Waals surface area (Å²) in [6, 6.07) is 10.9. The van der Waals surface area contributed by atoms with E-state index >= 15 is 0 Å². The fraction of sp³-hybridized carbons (Fsp3) is 0.720. The zero-order valence-corrected chi connectivity index (χ0v) is 21.2. The Morgan fingerprint density at radius 1 is 0.933 bits per heavy atom. The number of hydrogen-bond donors (Lipinski definition) is 0. The van der Waals surface area contributed by atoms with Gasteiger partial charge in [-0.1, -0.05) is 0 Å². The quantitative estimate of drug-likeness (QED) is 0.312. The van der Waals surface area contributed by atoms with Gasteiger partial charge in [0, 0.05) is 0 Å². The molecule has 4 bridgehead atoms. The standard InChI is InChI=1S/C25H37ClN2OSi/c1-23(2,3)27-22(19-10-8-7-9-11-19)28(24(4,5)6)30(27,26)25(29-30)20-13-17-12-18(15-20)16-21(25)14-17/h7-11,17-18,20-21H,12-16H2,1-6H3. The van der Waals surface area contributed by atoms with Gasteiger partial charge in [0.05, 0.1) is 0 Å². The molecule has 7 rings (SSSR count). The molecule has 0 radical (unpaired) electrons. The maximum atomic E-state index is 8.18.